The lowest BCUT2D eigenvalue weighted by Crippen LogP contribution is -2.04. The second-order valence-electron chi connectivity index (χ2n) is 5.19. The normalized spacial score (nSPS) is 12.5. The zero-order chi connectivity index (χ0) is 13.8. The Morgan fingerprint density at radius 3 is 2.11 bits per heavy atom. The average Bonchev–Trinajstić information content (AvgIpc) is 2.39. The van der Waals surface area contributed by atoms with Gasteiger partial charge in [0.15, 0.2) is 0 Å². The van der Waals surface area contributed by atoms with Crippen LogP contribution < -0.4 is 10.5 Å². The van der Waals surface area contributed by atoms with Gasteiger partial charge in [0.1, 0.15) is 11.5 Å². The summed E-state index contributed by atoms with van der Waals surface area (Å²) >= 11 is 0. The summed E-state index contributed by atoms with van der Waals surface area (Å²) in [4.78, 5) is 0. The molecule has 0 bridgehead atoms. The molecule has 19 heavy (non-hydrogen) atoms. The minimum absolute atomic E-state index is 0.0540. The lowest BCUT2D eigenvalue weighted by Gasteiger charge is -2.11. The molecule has 2 aromatic carbocycles. The molecule has 0 saturated heterocycles. The first-order valence-electron chi connectivity index (χ1n) is 6.69. The van der Waals surface area contributed by atoms with Crippen LogP contribution >= 0.6 is 0 Å². The van der Waals surface area contributed by atoms with Crippen LogP contribution in [0, 0.1) is 0 Å². The van der Waals surface area contributed by atoms with Gasteiger partial charge >= 0.3 is 0 Å². The Morgan fingerprint density at radius 2 is 1.53 bits per heavy atom. The predicted octanol–water partition coefficient (Wildman–Crippen LogP) is 4.62. The molecular formula is C17H21NO. The van der Waals surface area contributed by atoms with Crippen molar-refractivity contribution in [3.63, 3.8) is 0 Å². The molecule has 0 radical (unpaired) electrons. The quantitative estimate of drug-likeness (QED) is 0.865. The van der Waals surface area contributed by atoms with Gasteiger partial charge in [0.05, 0.1) is 0 Å². The summed E-state index contributed by atoms with van der Waals surface area (Å²) in [5.74, 6) is 2.22. The summed E-state index contributed by atoms with van der Waals surface area (Å²) in [5.41, 5.74) is 8.22. The topological polar surface area (TPSA) is 35.2 Å². The molecule has 0 saturated carbocycles. The van der Waals surface area contributed by atoms with Crippen molar-refractivity contribution in [1.29, 1.82) is 0 Å². The Labute approximate surface area is 115 Å². The molecule has 0 spiro atoms. The van der Waals surface area contributed by atoms with E-state index in [0.29, 0.717) is 5.92 Å². The van der Waals surface area contributed by atoms with Crippen molar-refractivity contribution in [3.8, 4) is 11.5 Å². The Morgan fingerprint density at radius 1 is 0.842 bits per heavy atom. The Kier molecular flexibility index (Phi) is 4.23. The van der Waals surface area contributed by atoms with Gasteiger partial charge in [-0.15, -0.1) is 0 Å². The largest absolute Gasteiger partial charge is 0.457 e. The van der Waals surface area contributed by atoms with Crippen molar-refractivity contribution in [2.24, 2.45) is 5.73 Å². The molecule has 0 aliphatic rings. The summed E-state index contributed by atoms with van der Waals surface area (Å²) in [7, 11) is 0. The Balaban J connectivity index is 2.14. The lowest BCUT2D eigenvalue weighted by molar-refractivity contribution is 0.481. The smallest absolute Gasteiger partial charge is 0.127 e. The van der Waals surface area contributed by atoms with E-state index >= 15 is 0 Å². The van der Waals surface area contributed by atoms with Gasteiger partial charge < -0.3 is 10.5 Å². The summed E-state index contributed by atoms with van der Waals surface area (Å²) < 4.78 is 5.86. The Hall–Kier alpha value is -1.80. The second-order valence-corrected chi connectivity index (χ2v) is 5.19. The zero-order valence-electron chi connectivity index (χ0n) is 11.8. The zero-order valence-corrected chi connectivity index (χ0v) is 11.8. The first-order valence-corrected chi connectivity index (χ1v) is 6.69. The third-order valence-electron chi connectivity index (χ3n) is 3.17. The van der Waals surface area contributed by atoms with Gasteiger partial charge in [-0.2, -0.15) is 0 Å². The van der Waals surface area contributed by atoms with Crippen LogP contribution in [0.5, 0.6) is 11.5 Å². The van der Waals surface area contributed by atoms with E-state index in [1.54, 1.807) is 0 Å². The molecule has 0 aromatic heterocycles. The molecule has 2 N–H and O–H groups in total. The van der Waals surface area contributed by atoms with E-state index in [4.69, 9.17) is 10.5 Å². The fourth-order valence-corrected chi connectivity index (χ4v) is 1.91. The third kappa shape index (κ3) is 3.58. The lowest BCUT2D eigenvalue weighted by atomic mass is 10.0. The van der Waals surface area contributed by atoms with Gasteiger partial charge in [-0.1, -0.05) is 38.1 Å². The number of hydrogen-bond acceptors (Lipinski definition) is 2. The fourth-order valence-electron chi connectivity index (χ4n) is 1.91. The second kappa shape index (κ2) is 5.89. The van der Waals surface area contributed by atoms with Crippen LogP contribution in [-0.2, 0) is 0 Å². The molecule has 100 valence electrons. The van der Waals surface area contributed by atoms with Crippen molar-refractivity contribution in [1.82, 2.24) is 0 Å². The van der Waals surface area contributed by atoms with Crippen molar-refractivity contribution < 1.29 is 4.74 Å². The van der Waals surface area contributed by atoms with Gasteiger partial charge in [0.25, 0.3) is 0 Å². The van der Waals surface area contributed by atoms with Crippen LogP contribution in [0.1, 0.15) is 43.9 Å². The summed E-state index contributed by atoms with van der Waals surface area (Å²) in [6.07, 6.45) is 0. The number of rotatable bonds is 4. The maximum Gasteiger partial charge on any atom is 0.127 e. The van der Waals surface area contributed by atoms with Gasteiger partial charge in [-0.3, -0.25) is 0 Å². The average molecular weight is 255 g/mol. The van der Waals surface area contributed by atoms with Crippen molar-refractivity contribution >= 4 is 0 Å². The maximum absolute atomic E-state index is 5.86. The van der Waals surface area contributed by atoms with Gasteiger partial charge in [-0.05, 0) is 48.2 Å². The minimum Gasteiger partial charge on any atom is -0.457 e. The van der Waals surface area contributed by atoms with Crippen LogP contribution in [0.15, 0.2) is 48.5 Å². The van der Waals surface area contributed by atoms with Gasteiger partial charge in [-0.25, -0.2) is 0 Å². The molecule has 2 rings (SSSR count). The van der Waals surface area contributed by atoms with Gasteiger partial charge in [0, 0.05) is 6.04 Å². The molecule has 0 amide bonds. The highest BCUT2D eigenvalue weighted by atomic mass is 16.5. The van der Waals surface area contributed by atoms with E-state index in [9.17, 15) is 0 Å². The number of benzene rings is 2. The standard InChI is InChI=1S/C17H21NO/c1-12(2)15-5-4-6-17(11-15)19-16-9-7-14(8-10-16)13(3)18/h4-13H,18H2,1-3H3/t13-/m0/s1. The van der Waals surface area contributed by atoms with E-state index in [1.165, 1.54) is 5.56 Å². The van der Waals surface area contributed by atoms with E-state index in [2.05, 4.69) is 26.0 Å². The van der Waals surface area contributed by atoms with Gasteiger partial charge in [0.2, 0.25) is 0 Å². The highest BCUT2D eigenvalue weighted by molar-refractivity contribution is 5.36. The SMILES string of the molecule is CC(C)c1cccc(Oc2ccc([C@H](C)N)cc2)c1. The van der Waals surface area contributed by atoms with E-state index < -0.39 is 0 Å². The van der Waals surface area contributed by atoms with E-state index in [1.807, 2.05) is 43.3 Å². The first-order chi connectivity index (χ1) is 9.06. The molecule has 0 heterocycles. The van der Waals surface area contributed by atoms with E-state index in [-0.39, 0.29) is 6.04 Å². The first kappa shape index (κ1) is 13.6. The summed E-state index contributed by atoms with van der Waals surface area (Å²) in [5, 5.41) is 0. The predicted molar refractivity (Wildman–Crippen MR) is 79.6 cm³/mol. The molecule has 2 aromatic rings. The number of ether oxygens (including phenoxy) is 1. The van der Waals surface area contributed by atoms with Crippen molar-refractivity contribution in [2.45, 2.75) is 32.7 Å². The molecule has 2 heteroatoms. The molecule has 0 unspecified atom stereocenters. The monoisotopic (exact) mass is 255 g/mol. The highest BCUT2D eigenvalue weighted by Crippen LogP contribution is 2.26. The van der Waals surface area contributed by atoms with E-state index in [0.717, 1.165) is 17.1 Å². The number of nitrogens with two attached hydrogens (primary N) is 1. The molecule has 0 fully saturated rings. The van der Waals surface area contributed by atoms with Crippen LogP contribution in [0.4, 0.5) is 0 Å². The maximum atomic E-state index is 5.86. The summed E-state index contributed by atoms with van der Waals surface area (Å²) in [6, 6.07) is 16.2. The fraction of sp³-hybridized carbons (Fsp3) is 0.294. The van der Waals surface area contributed by atoms with Crippen LogP contribution in [0.2, 0.25) is 0 Å². The van der Waals surface area contributed by atoms with Crippen LogP contribution in [-0.4, -0.2) is 0 Å². The minimum atomic E-state index is 0.0540. The third-order valence-corrected chi connectivity index (χ3v) is 3.17. The highest BCUT2D eigenvalue weighted by Gasteiger charge is 2.03. The number of hydrogen-bond donors (Lipinski definition) is 1. The molecule has 1 atom stereocenters. The van der Waals surface area contributed by atoms with Crippen LogP contribution in [0.3, 0.4) is 0 Å². The Bertz CT molecular complexity index is 529. The van der Waals surface area contributed by atoms with Crippen molar-refractivity contribution in [2.75, 3.05) is 0 Å². The molecule has 2 nitrogen and oxygen atoms in total. The molecular weight excluding hydrogens is 234 g/mol. The van der Waals surface area contributed by atoms with Crippen LogP contribution in [0.25, 0.3) is 0 Å². The van der Waals surface area contributed by atoms with Crippen molar-refractivity contribution in [3.05, 3.63) is 59.7 Å². The summed E-state index contributed by atoms with van der Waals surface area (Å²) in [6.45, 7) is 6.33. The molecule has 0 aliphatic heterocycles. The molecule has 0 aliphatic carbocycles.